The van der Waals surface area contributed by atoms with Crippen molar-refractivity contribution in [3.63, 3.8) is 0 Å². The number of carboxylic acids is 1. The van der Waals surface area contributed by atoms with Gasteiger partial charge < -0.3 is 15.2 Å². The molecule has 0 aliphatic rings. The SMILES string of the molecule is Cc1ccccc1OCC(=O)Nc1ccc(C(=O)O)s1. The first-order valence-electron chi connectivity index (χ1n) is 5.87. The Labute approximate surface area is 119 Å². The van der Waals surface area contributed by atoms with Crippen LogP contribution in [0.25, 0.3) is 0 Å². The molecular weight excluding hydrogens is 278 g/mol. The van der Waals surface area contributed by atoms with Crippen molar-refractivity contribution in [3.8, 4) is 5.75 Å². The van der Waals surface area contributed by atoms with Gasteiger partial charge in [0.1, 0.15) is 10.6 Å². The molecule has 0 unspecified atom stereocenters. The molecule has 1 aromatic heterocycles. The first-order chi connectivity index (χ1) is 9.56. The lowest BCUT2D eigenvalue weighted by molar-refractivity contribution is -0.118. The van der Waals surface area contributed by atoms with Crippen LogP contribution in [0.15, 0.2) is 36.4 Å². The van der Waals surface area contributed by atoms with E-state index >= 15 is 0 Å². The number of para-hydroxylation sites is 1. The Morgan fingerprint density at radius 3 is 2.65 bits per heavy atom. The molecule has 0 atom stereocenters. The fourth-order valence-corrected chi connectivity index (χ4v) is 2.32. The second-order valence-corrected chi connectivity index (χ2v) is 5.16. The zero-order chi connectivity index (χ0) is 14.5. The number of carbonyl (C=O) groups is 2. The fraction of sp³-hybridized carbons (Fsp3) is 0.143. The van der Waals surface area contributed by atoms with E-state index in [1.807, 2.05) is 25.1 Å². The minimum absolute atomic E-state index is 0.120. The van der Waals surface area contributed by atoms with Crippen LogP contribution in [0.4, 0.5) is 5.00 Å². The summed E-state index contributed by atoms with van der Waals surface area (Å²) in [6.45, 7) is 1.77. The number of thiophene rings is 1. The van der Waals surface area contributed by atoms with Crippen LogP contribution in [0.3, 0.4) is 0 Å². The van der Waals surface area contributed by atoms with Crippen LogP contribution in [0.5, 0.6) is 5.75 Å². The molecule has 1 heterocycles. The van der Waals surface area contributed by atoms with E-state index in [0.29, 0.717) is 10.8 Å². The van der Waals surface area contributed by atoms with Crippen molar-refractivity contribution in [2.24, 2.45) is 0 Å². The Hall–Kier alpha value is -2.34. The molecule has 0 aliphatic heterocycles. The van der Waals surface area contributed by atoms with Crippen molar-refractivity contribution >= 4 is 28.2 Å². The van der Waals surface area contributed by atoms with E-state index in [4.69, 9.17) is 9.84 Å². The van der Waals surface area contributed by atoms with E-state index in [0.717, 1.165) is 16.9 Å². The summed E-state index contributed by atoms with van der Waals surface area (Å²) in [5.41, 5.74) is 0.949. The second-order valence-electron chi connectivity index (χ2n) is 4.07. The Bertz CT molecular complexity index is 636. The number of hydrogen-bond acceptors (Lipinski definition) is 4. The maximum atomic E-state index is 11.7. The topological polar surface area (TPSA) is 75.6 Å². The molecule has 0 saturated heterocycles. The van der Waals surface area contributed by atoms with Crippen LogP contribution < -0.4 is 10.1 Å². The van der Waals surface area contributed by atoms with Crippen molar-refractivity contribution in [1.82, 2.24) is 0 Å². The number of ether oxygens (including phenoxy) is 1. The molecule has 1 aromatic carbocycles. The zero-order valence-electron chi connectivity index (χ0n) is 10.8. The van der Waals surface area contributed by atoms with Crippen molar-refractivity contribution in [2.75, 3.05) is 11.9 Å². The average Bonchev–Trinajstić information content (AvgIpc) is 2.86. The first-order valence-corrected chi connectivity index (χ1v) is 6.69. The first kappa shape index (κ1) is 14.1. The molecule has 2 aromatic rings. The molecule has 0 saturated carbocycles. The Kier molecular flexibility index (Phi) is 4.37. The average molecular weight is 291 g/mol. The Balaban J connectivity index is 1.89. The molecule has 0 spiro atoms. The van der Waals surface area contributed by atoms with Crippen LogP contribution in [0.1, 0.15) is 15.2 Å². The zero-order valence-corrected chi connectivity index (χ0v) is 11.6. The smallest absolute Gasteiger partial charge is 0.345 e. The highest BCUT2D eigenvalue weighted by Crippen LogP contribution is 2.22. The molecule has 2 rings (SSSR count). The third-order valence-corrected chi connectivity index (χ3v) is 3.52. The lowest BCUT2D eigenvalue weighted by Crippen LogP contribution is -2.19. The van der Waals surface area contributed by atoms with Crippen molar-refractivity contribution in [2.45, 2.75) is 6.92 Å². The van der Waals surface area contributed by atoms with Gasteiger partial charge in [-0.1, -0.05) is 18.2 Å². The molecule has 5 nitrogen and oxygen atoms in total. The normalized spacial score (nSPS) is 10.1. The lowest BCUT2D eigenvalue weighted by atomic mass is 10.2. The number of benzene rings is 1. The molecule has 6 heteroatoms. The predicted molar refractivity (Wildman–Crippen MR) is 76.6 cm³/mol. The number of hydrogen-bond donors (Lipinski definition) is 2. The second kappa shape index (κ2) is 6.21. The van der Waals surface area contributed by atoms with Gasteiger partial charge in [-0.25, -0.2) is 4.79 Å². The van der Waals surface area contributed by atoms with Crippen LogP contribution in [0.2, 0.25) is 0 Å². The molecule has 104 valence electrons. The Morgan fingerprint density at radius 1 is 1.25 bits per heavy atom. The van der Waals surface area contributed by atoms with E-state index in [1.165, 1.54) is 6.07 Å². The maximum absolute atomic E-state index is 11.7. The third kappa shape index (κ3) is 3.58. The summed E-state index contributed by atoms with van der Waals surface area (Å²) in [5.74, 6) is -0.682. The van der Waals surface area contributed by atoms with Crippen LogP contribution in [-0.4, -0.2) is 23.6 Å². The minimum atomic E-state index is -1.01. The summed E-state index contributed by atoms with van der Waals surface area (Å²) in [6.07, 6.45) is 0. The number of carbonyl (C=O) groups excluding carboxylic acids is 1. The molecular formula is C14H13NO4S. The highest BCUT2D eigenvalue weighted by molar-refractivity contribution is 7.18. The van der Waals surface area contributed by atoms with E-state index in [1.54, 1.807) is 12.1 Å². The summed E-state index contributed by atoms with van der Waals surface area (Å²) < 4.78 is 5.40. The van der Waals surface area contributed by atoms with Gasteiger partial charge in [0.15, 0.2) is 6.61 Å². The molecule has 2 N–H and O–H groups in total. The number of rotatable bonds is 5. The van der Waals surface area contributed by atoms with Crippen molar-refractivity contribution in [1.29, 1.82) is 0 Å². The van der Waals surface area contributed by atoms with Gasteiger partial charge in [-0.3, -0.25) is 4.79 Å². The summed E-state index contributed by atoms with van der Waals surface area (Å²) in [4.78, 5) is 22.6. The van der Waals surface area contributed by atoms with E-state index in [-0.39, 0.29) is 17.4 Å². The summed E-state index contributed by atoms with van der Waals surface area (Å²) >= 11 is 1.01. The summed E-state index contributed by atoms with van der Waals surface area (Å²) in [7, 11) is 0. The standard InChI is InChI=1S/C14H13NO4S/c1-9-4-2-3-5-10(9)19-8-12(16)15-13-7-6-11(20-13)14(17)18/h2-7H,8H2,1H3,(H,15,16)(H,17,18). The molecule has 0 fully saturated rings. The van der Waals surface area contributed by atoms with Gasteiger partial charge in [-0.2, -0.15) is 0 Å². The molecule has 1 amide bonds. The van der Waals surface area contributed by atoms with Gasteiger partial charge in [0.25, 0.3) is 5.91 Å². The molecule has 0 bridgehead atoms. The van der Waals surface area contributed by atoms with Crippen molar-refractivity contribution < 1.29 is 19.4 Å². The number of aromatic carboxylic acids is 1. The number of nitrogens with one attached hydrogen (secondary N) is 1. The van der Waals surface area contributed by atoms with E-state index in [9.17, 15) is 9.59 Å². The van der Waals surface area contributed by atoms with Crippen LogP contribution >= 0.6 is 11.3 Å². The lowest BCUT2D eigenvalue weighted by Gasteiger charge is -2.08. The number of anilines is 1. The third-order valence-electron chi connectivity index (χ3n) is 2.53. The van der Waals surface area contributed by atoms with Crippen molar-refractivity contribution in [3.05, 3.63) is 46.8 Å². The summed E-state index contributed by atoms with van der Waals surface area (Å²) in [5, 5.41) is 11.9. The van der Waals surface area contributed by atoms with E-state index in [2.05, 4.69) is 5.32 Å². The summed E-state index contributed by atoms with van der Waals surface area (Å²) in [6, 6.07) is 10.4. The predicted octanol–water partition coefficient (Wildman–Crippen LogP) is 2.77. The maximum Gasteiger partial charge on any atom is 0.345 e. The van der Waals surface area contributed by atoms with Crippen LogP contribution in [0, 0.1) is 6.92 Å². The minimum Gasteiger partial charge on any atom is -0.483 e. The Morgan fingerprint density at radius 2 is 2.00 bits per heavy atom. The highest BCUT2D eigenvalue weighted by atomic mass is 32.1. The number of aryl methyl sites for hydroxylation is 1. The van der Waals surface area contributed by atoms with Gasteiger partial charge >= 0.3 is 5.97 Å². The number of carboxylic acid groups (broad SMARTS) is 1. The highest BCUT2D eigenvalue weighted by Gasteiger charge is 2.10. The van der Waals surface area contributed by atoms with Gasteiger partial charge in [-0.15, -0.1) is 11.3 Å². The van der Waals surface area contributed by atoms with E-state index < -0.39 is 5.97 Å². The van der Waals surface area contributed by atoms with Gasteiger partial charge in [0.05, 0.1) is 5.00 Å². The monoisotopic (exact) mass is 291 g/mol. The largest absolute Gasteiger partial charge is 0.483 e. The molecule has 0 aliphatic carbocycles. The molecule has 20 heavy (non-hydrogen) atoms. The molecule has 0 radical (unpaired) electrons. The number of amides is 1. The quantitative estimate of drug-likeness (QED) is 0.888. The van der Waals surface area contributed by atoms with Gasteiger partial charge in [0.2, 0.25) is 0 Å². The van der Waals surface area contributed by atoms with Gasteiger partial charge in [0, 0.05) is 0 Å². The van der Waals surface area contributed by atoms with Gasteiger partial charge in [-0.05, 0) is 30.7 Å². The van der Waals surface area contributed by atoms with Crippen LogP contribution in [-0.2, 0) is 4.79 Å². The fourth-order valence-electron chi connectivity index (χ4n) is 1.56.